The number of aliphatic hydroxyl groups is 1. The molecule has 8 heteroatoms. The summed E-state index contributed by atoms with van der Waals surface area (Å²) in [7, 11) is 0. The van der Waals surface area contributed by atoms with Crippen molar-refractivity contribution in [2.24, 2.45) is 0 Å². The van der Waals surface area contributed by atoms with Crippen molar-refractivity contribution in [3.05, 3.63) is 24.0 Å². The number of hydrogen-bond donors (Lipinski definition) is 3. The highest BCUT2D eigenvalue weighted by atomic mass is 19.4. The summed E-state index contributed by atoms with van der Waals surface area (Å²) < 4.78 is 36.9. The fourth-order valence-electron chi connectivity index (χ4n) is 1.45. The number of halogens is 3. The Morgan fingerprint density at radius 3 is 2.45 bits per heavy atom. The van der Waals surface area contributed by atoms with Crippen LogP contribution in [0.15, 0.2) is 18.3 Å². The van der Waals surface area contributed by atoms with Gasteiger partial charge in [0, 0.05) is 12.1 Å². The van der Waals surface area contributed by atoms with Gasteiger partial charge in [-0.3, -0.25) is 0 Å². The van der Waals surface area contributed by atoms with E-state index in [1.54, 1.807) is 13.8 Å². The molecule has 0 unspecified atom stereocenters. The van der Waals surface area contributed by atoms with Gasteiger partial charge in [0.1, 0.15) is 5.69 Å². The van der Waals surface area contributed by atoms with Crippen molar-refractivity contribution >= 4 is 11.7 Å². The zero-order valence-electron chi connectivity index (χ0n) is 11.1. The zero-order valence-corrected chi connectivity index (χ0v) is 11.1. The number of pyridine rings is 1. The molecule has 112 valence electrons. The van der Waals surface area contributed by atoms with Gasteiger partial charge in [0.15, 0.2) is 0 Å². The van der Waals surface area contributed by atoms with Gasteiger partial charge in [-0.1, -0.05) is 0 Å². The van der Waals surface area contributed by atoms with E-state index >= 15 is 0 Å². The van der Waals surface area contributed by atoms with Crippen molar-refractivity contribution in [3.63, 3.8) is 0 Å². The van der Waals surface area contributed by atoms with Crippen molar-refractivity contribution < 1.29 is 23.1 Å². The van der Waals surface area contributed by atoms with Crippen LogP contribution in [0.3, 0.4) is 0 Å². The molecule has 0 saturated carbocycles. The lowest BCUT2D eigenvalue weighted by Crippen LogP contribution is -2.46. The number of rotatable bonds is 4. The summed E-state index contributed by atoms with van der Waals surface area (Å²) in [5, 5.41) is 13.8. The highest BCUT2D eigenvalue weighted by Crippen LogP contribution is 2.27. The van der Waals surface area contributed by atoms with Crippen LogP contribution in [-0.2, 0) is 6.18 Å². The Hall–Kier alpha value is -1.83. The van der Waals surface area contributed by atoms with E-state index in [1.807, 2.05) is 0 Å². The van der Waals surface area contributed by atoms with Gasteiger partial charge < -0.3 is 15.7 Å². The van der Waals surface area contributed by atoms with Crippen LogP contribution in [0, 0.1) is 0 Å². The molecule has 5 nitrogen and oxygen atoms in total. The number of nitrogens with one attached hydrogen (secondary N) is 2. The van der Waals surface area contributed by atoms with Gasteiger partial charge in [-0.05, 0) is 32.4 Å². The second-order valence-corrected chi connectivity index (χ2v) is 4.87. The van der Waals surface area contributed by atoms with Crippen LogP contribution in [0.2, 0.25) is 0 Å². The number of nitrogens with zero attached hydrogens (tertiary/aromatic N) is 1. The molecule has 0 aromatic carbocycles. The maximum Gasteiger partial charge on any atom is 0.433 e. The second kappa shape index (κ2) is 6.08. The third kappa shape index (κ3) is 5.04. The molecule has 0 saturated heterocycles. The fourth-order valence-corrected chi connectivity index (χ4v) is 1.45. The standard InChI is InChI=1S/C12H16F3N3O2/c1-11(2,5-6-19)18-10(20)17-8-3-4-9(16-7-8)12(13,14)15/h3-4,7,19H,5-6H2,1-2H3,(H2,17,18,20). The van der Waals surface area contributed by atoms with Gasteiger partial charge in [0.05, 0.1) is 11.9 Å². The number of urea groups is 1. The average molecular weight is 291 g/mol. The van der Waals surface area contributed by atoms with Crippen LogP contribution in [0.5, 0.6) is 0 Å². The number of hydrogen-bond acceptors (Lipinski definition) is 3. The van der Waals surface area contributed by atoms with E-state index in [0.717, 1.165) is 18.3 Å². The molecule has 20 heavy (non-hydrogen) atoms. The smallest absolute Gasteiger partial charge is 0.396 e. The summed E-state index contributed by atoms with van der Waals surface area (Å²) in [5.41, 5.74) is -1.50. The summed E-state index contributed by atoms with van der Waals surface area (Å²) in [5.74, 6) is 0. The van der Waals surface area contributed by atoms with Crippen LogP contribution in [-0.4, -0.2) is 28.3 Å². The Morgan fingerprint density at radius 1 is 1.35 bits per heavy atom. The maximum atomic E-state index is 12.3. The number of amides is 2. The van der Waals surface area contributed by atoms with Crippen LogP contribution in [0.25, 0.3) is 0 Å². The van der Waals surface area contributed by atoms with Crippen molar-refractivity contribution in [1.29, 1.82) is 0 Å². The molecule has 0 aliphatic carbocycles. The summed E-state index contributed by atoms with van der Waals surface area (Å²) >= 11 is 0. The van der Waals surface area contributed by atoms with Gasteiger partial charge in [0.25, 0.3) is 0 Å². The summed E-state index contributed by atoms with van der Waals surface area (Å²) in [6.45, 7) is 3.34. The minimum absolute atomic E-state index is 0.0882. The fraction of sp³-hybridized carbons (Fsp3) is 0.500. The molecule has 0 fully saturated rings. The molecular formula is C12H16F3N3O2. The molecule has 0 atom stereocenters. The molecule has 1 rings (SSSR count). The van der Waals surface area contributed by atoms with Gasteiger partial charge in [-0.2, -0.15) is 13.2 Å². The van der Waals surface area contributed by atoms with E-state index in [0.29, 0.717) is 6.42 Å². The molecule has 1 heterocycles. The number of aromatic nitrogens is 1. The molecule has 1 aromatic heterocycles. The van der Waals surface area contributed by atoms with E-state index in [-0.39, 0.29) is 12.3 Å². The quantitative estimate of drug-likeness (QED) is 0.797. The highest BCUT2D eigenvalue weighted by Gasteiger charge is 2.32. The van der Waals surface area contributed by atoms with Crippen LogP contribution in [0.4, 0.5) is 23.7 Å². The predicted molar refractivity (Wildman–Crippen MR) is 67.2 cm³/mol. The molecule has 2 amide bonds. The second-order valence-electron chi connectivity index (χ2n) is 4.87. The van der Waals surface area contributed by atoms with Crippen LogP contribution < -0.4 is 10.6 Å². The lowest BCUT2D eigenvalue weighted by atomic mass is 10.0. The lowest BCUT2D eigenvalue weighted by molar-refractivity contribution is -0.141. The first-order valence-electron chi connectivity index (χ1n) is 5.87. The third-order valence-electron chi connectivity index (χ3n) is 2.50. The highest BCUT2D eigenvalue weighted by molar-refractivity contribution is 5.89. The largest absolute Gasteiger partial charge is 0.433 e. The van der Waals surface area contributed by atoms with Crippen LogP contribution >= 0.6 is 0 Å². The maximum absolute atomic E-state index is 12.3. The molecule has 0 spiro atoms. The molecule has 0 aliphatic heterocycles. The molecule has 0 radical (unpaired) electrons. The Bertz CT molecular complexity index is 458. The van der Waals surface area contributed by atoms with E-state index in [2.05, 4.69) is 15.6 Å². The SMILES string of the molecule is CC(C)(CCO)NC(=O)Nc1ccc(C(F)(F)F)nc1. The molecular weight excluding hydrogens is 275 g/mol. The summed E-state index contributed by atoms with van der Waals surface area (Å²) in [6.07, 6.45) is -3.23. The number of carbonyl (C=O) groups is 1. The van der Waals surface area contributed by atoms with E-state index in [4.69, 9.17) is 5.11 Å². The third-order valence-corrected chi connectivity index (χ3v) is 2.50. The summed E-state index contributed by atoms with van der Waals surface area (Å²) in [4.78, 5) is 14.9. The van der Waals surface area contributed by atoms with E-state index < -0.39 is 23.4 Å². The molecule has 0 aliphatic rings. The number of carbonyl (C=O) groups excluding carboxylic acids is 1. The normalized spacial score (nSPS) is 12.1. The number of aliphatic hydroxyl groups excluding tert-OH is 1. The van der Waals surface area contributed by atoms with E-state index in [1.165, 1.54) is 0 Å². The van der Waals surface area contributed by atoms with Crippen LogP contribution in [0.1, 0.15) is 26.0 Å². The minimum atomic E-state index is -4.51. The Morgan fingerprint density at radius 2 is 2.00 bits per heavy atom. The van der Waals surface area contributed by atoms with Gasteiger partial charge in [0.2, 0.25) is 0 Å². The topological polar surface area (TPSA) is 74.2 Å². The first-order valence-corrected chi connectivity index (χ1v) is 5.87. The Balaban J connectivity index is 2.63. The molecule has 3 N–H and O–H groups in total. The van der Waals surface area contributed by atoms with Gasteiger partial charge in [-0.15, -0.1) is 0 Å². The van der Waals surface area contributed by atoms with Crippen molar-refractivity contribution in [2.75, 3.05) is 11.9 Å². The first-order chi connectivity index (χ1) is 9.14. The summed E-state index contributed by atoms with van der Waals surface area (Å²) in [6, 6.07) is 1.33. The number of anilines is 1. The van der Waals surface area contributed by atoms with Crippen molar-refractivity contribution in [2.45, 2.75) is 32.0 Å². The monoisotopic (exact) mass is 291 g/mol. The van der Waals surface area contributed by atoms with Crippen molar-refractivity contribution in [1.82, 2.24) is 10.3 Å². The van der Waals surface area contributed by atoms with Crippen molar-refractivity contribution in [3.8, 4) is 0 Å². The zero-order chi connectivity index (χ0) is 15.4. The number of alkyl halides is 3. The Kier molecular flexibility index (Phi) is 4.93. The average Bonchev–Trinajstić information content (AvgIpc) is 2.27. The predicted octanol–water partition coefficient (Wildman–Crippen LogP) is 2.38. The molecule has 1 aromatic rings. The lowest BCUT2D eigenvalue weighted by Gasteiger charge is -2.25. The first kappa shape index (κ1) is 16.2. The minimum Gasteiger partial charge on any atom is -0.396 e. The van der Waals surface area contributed by atoms with Gasteiger partial charge >= 0.3 is 12.2 Å². The van der Waals surface area contributed by atoms with Gasteiger partial charge in [-0.25, -0.2) is 9.78 Å². The molecule has 0 bridgehead atoms. The van der Waals surface area contributed by atoms with E-state index in [9.17, 15) is 18.0 Å². The Labute approximate surface area is 114 Å².